The second kappa shape index (κ2) is 12.6. The molecule has 11 heteroatoms. The number of aromatic nitrogens is 3. The number of allylic oxidation sites excluding steroid dienone is 1. The minimum atomic E-state index is -1.27. The smallest absolute Gasteiger partial charge is 0.316 e. The van der Waals surface area contributed by atoms with Crippen LogP contribution >= 0.6 is 0 Å². The Balaban J connectivity index is 0.000000328. The highest BCUT2D eigenvalue weighted by Gasteiger charge is 2.50. The Labute approximate surface area is 254 Å². The van der Waals surface area contributed by atoms with Gasteiger partial charge in [-0.3, -0.25) is 9.59 Å². The lowest BCUT2D eigenvalue weighted by molar-refractivity contribution is -0.151. The zero-order chi connectivity index (χ0) is 31.3. The van der Waals surface area contributed by atoms with Gasteiger partial charge in [0.1, 0.15) is 17.8 Å². The van der Waals surface area contributed by atoms with E-state index in [4.69, 9.17) is 5.73 Å². The number of aromatic amines is 1. The maximum absolute atomic E-state index is 12.6. The molecule has 3 atom stereocenters. The number of anilines is 2. The fourth-order valence-electron chi connectivity index (χ4n) is 6.24. The van der Waals surface area contributed by atoms with Crippen LogP contribution in [-0.2, 0) is 15.0 Å². The first kappa shape index (κ1) is 30.3. The van der Waals surface area contributed by atoms with E-state index in [1.54, 1.807) is 37.5 Å². The van der Waals surface area contributed by atoms with Crippen LogP contribution in [0.25, 0.3) is 11.0 Å². The topological polar surface area (TPSA) is 175 Å². The highest BCUT2D eigenvalue weighted by atomic mass is 16.4. The molecule has 0 saturated carbocycles. The van der Waals surface area contributed by atoms with Crippen molar-refractivity contribution in [1.82, 2.24) is 15.0 Å². The molecule has 0 bridgehead atoms. The zero-order valence-corrected chi connectivity index (χ0v) is 24.4. The van der Waals surface area contributed by atoms with Crippen LogP contribution in [0.1, 0.15) is 49.7 Å². The summed E-state index contributed by atoms with van der Waals surface area (Å²) in [4.78, 5) is 49.0. The second-order valence-electron chi connectivity index (χ2n) is 11.6. The fourth-order valence-corrected chi connectivity index (χ4v) is 6.24. The molecule has 2 aromatic carbocycles. The number of hydrogen-bond donors (Lipinski definition) is 5. The van der Waals surface area contributed by atoms with Gasteiger partial charge in [-0.1, -0.05) is 54.6 Å². The fraction of sp³-hybridized carbons (Fsp3) is 0.303. The van der Waals surface area contributed by atoms with E-state index in [1.165, 1.54) is 0 Å². The third kappa shape index (κ3) is 6.26. The average molecular weight is 597 g/mol. The quantitative estimate of drug-likeness (QED) is 0.187. The van der Waals surface area contributed by atoms with Gasteiger partial charge in [0.2, 0.25) is 0 Å². The molecular formula is C33H36N6O5. The average Bonchev–Trinajstić information content (AvgIpc) is 3.51. The van der Waals surface area contributed by atoms with Gasteiger partial charge in [-0.15, -0.1) is 0 Å². The monoisotopic (exact) mass is 596 g/mol. The summed E-state index contributed by atoms with van der Waals surface area (Å²) in [6.07, 6.45) is 9.06. The summed E-state index contributed by atoms with van der Waals surface area (Å²) in [6, 6.07) is 18.3. The lowest BCUT2D eigenvalue weighted by atomic mass is 9.63. The van der Waals surface area contributed by atoms with Gasteiger partial charge >= 0.3 is 18.0 Å². The van der Waals surface area contributed by atoms with Gasteiger partial charge in [-0.2, -0.15) is 0 Å². The molecule has 6 rings (SSSR count). The summed E-state index contributed by atoms with van der Waals surface area (Å²) >= 11 is 0. The van der Waals surface area contributed by atoms with Gasteiger partial charge in [0.25, 0.3) is 0 Å². The number of nitrogens with zero attached hydrogens (tertiary/aromatic N) is 3. The molecule has 0 radical (unpaired) electrons. The number of piperidine rings is 1. The maximum atomic E-state index is 12.6. The van der Waals surface area contributed by atoms with Crippen molar-refractivity contribution in [1.29, 1.82) is 0 Å². The lowest BCUT2D eigenvalue weighted by Crippen LogP contribution is -2.45. The number of rotatable bonds is 6. The van der Waals surface area contributed by atoms with Crippen molar-refractivity contribution >= 4 is 40.5 Å². The van der Waals surface area contributed by atoms with E-state index in [0.29, 0.717) is 5.56 Å². The van der Waals surface area contributed by atoms with Crippen molar-refractivity contribution in [3.63, 3.8) is 0 Å². The molecule has 44 heavy (non-hydrogen) atoms. The number of carbonyl (C=O) groups excluding carboxylic acids is 1. The Kier molecular flexibility index (Phi) is 8.66. The highest BCUT2D eigenvalue weighted by Crippen LogP contribution is 2.46. The van der Waals surface area contributed by atoms with Crippen LogP contribution in [0.5, 0.6) is 0 Å². The van der Waals surface area contributed by atoms with E-state index >= 15 is 0 Å². The number of nitrogens with two attached hydrogens (primary N) is 1. The van der Waals surface area contributed by atoms with Crippen LogP contribution < -0.4 is 16.0 Å². The first-order valence-corrected chi connectivity index (χ1v) is 14.5. The molecule has 3 unspecified atom stereocenters. The largest absolute Gasteiger partial charge is 0.481 e. The van der Waals surface area contributed by atoms with Crippen LogP contribution in [-0.4, -0.2) is 56.2 Å². The maximum Gasteiger partial charge on any atom is 0.316 e. The molecule has 2 amide bonds. The van der Waals surface area contributed by atoms with Crippen LogP contribution in [0.2, 0.25) is 0 Å². The Morgan fingerprint density at radius 3 is 2.57 bits per heavy atom. The number of fused-ring (bicyclic) bond motifs is 1. The van der Waals surface area contributed by atoms with Crippen LogP contribution in [0.4, 0.5) is 16.3 Å². The molecule has 4 aromatic rings. The molecule has 1 aliphatic heterocycles. The molecule has 1 fully saturated rings. The molecule has 1 saturated heterocycles. The highest BCUT2D eigenvalue weighted by molar-refractivity contribution is 5.88. The first-order chi connectivity index (χ1) is 21.1. The molecule has 2 aromatic heterocycles. The van der Waals surface area contributed by atoms with Crippen LogP contribution in [0.3, 0.4) is 0 Å². The number of nitrogens with one attached hydrogen (secondary N) is 2. The number of benzene rings is 2. The predicted molar refractivity (Wildman–Crippen MR) is 168 cm³/mol. The van der Waals surface area contributed by atoms with Crippen LogP contribution in [0.15, 0.2) is 85.3 Å². The molecule has 0 spiro atoms. The molecule has 3 heterocycles. The van der Waals surface area contributed by atoms with Gasteiger partial charge in [0, 0.05) is 30.9 Å². The summed E-state index contributed by atoms with van der Waals surface area (Å²) in [5, 5.41) is 23.5. The van der Waals surface area contributed by atoms with Gasteiger partial charge in [0.05, 0.1) is 16.2 Å². The number of para-hydroxylation sites is 1. The van der Waals surface area contributed by atoms with Crippen molar-refractivity contribution in [3.05, 3.63) is 96.5 Å². The summed E-state index contributed by atoms with van der Waals surface area (Å²) < 4.78 is 0. The Morgan fingerprint density at radius 1 is 1.05 bits per heavy atom. The number of H-pyrrole nitrogens is 1. The zero-order valence-electron chi connectivity index (χ0n) is 24.4. The number of carboxylic acids is 2. The van der Waals surface area contributed by atoms with Gasteiger partial charge in [0.15, 0.2) is 0 Å². The first-order valence-electron chi connectivity index (χ1n) is 14.5. The van der Waals surface area contributed by atoms with E-state index in [1.807, 2.05) is 54.7 Å². The number of amides is 2. The number of carboxylic acid groups (broad SMARTS) is 2. The predicted octanol–water partition coefficient (Wildman–Crippen LogP) is 5.28. The third-order valence-electron chi connectivity index (χ3n) is 8.52. The Morgan fingerprint density at radius 2 is 1.84 bits per heavy atom. The Hall–Kier alpha value is -5.19. The third-order valence-corrected chi connectivity index (χ3v) is 8.52. The second-order valence-corrected chi connectivity index (χ2v) is 11.6. The number of primary amides is 1. The molecule has 228 valence electrons. The van der Waals surface area contributed by atoms with E-state index in [-0.39, 0.29) is 18.8 Å². The number of carbonyl (C=O) groups is 3. The summed E-state index contributed by atoms with van der Waals surface area (Å²) in [7, 11) is 0. The van der Waals surface area contributed by atoms with Crippen molar-refractivity contribution in [3.8, 4) is 0 Å². The van der Waals surface area contributed by atoms with Gasteiger partial charge in [-0.05, 0) is 61.9 Å². The molecule has 11 nitrogen and oxygen atoms in total. The normalized spacial score (nSPS) is 22.9. The number of urea groups is 1. The van der Waals surface area contributed by atoms with E-state index in [9.17, 15) is 24.6 Å². The van der Waals surface area contributed by atoms with E-state index < -0.39 is 28.8 Å². The van der Waals surface area contributed by atoms with Crippen LogP contribution in [0, 0.1) is 5.41 Å². The van der Waals surface area contributed by atoms with Gasteiger partial charge in [-0.25, -0.2) is 14.8 Å². The van der Waals surface area contributed by atoms with E-state index in [2.05, 4.69) is 25.2 Å². The molecular weight excluding hydrogens is 560 g/mol. The number of hydrogen-bond acceptors (Lipinski definition) is 6. The van der Waals surface area contributed by atoms with Crippen molar-refractivity contribution in [2.45, 2.75) is 43.9 Å². The minimum absolute atomic E-state index is 0.0216. The summed E-state index contributed by atoms with van der Waals surface area (Å²) in [5.41, 5.74) is 5.66. The standard InChI is InChI=1S/C26H28N4O4.C7H8N2O/c1-25(23(31)32)9-4-10-26(15-25,24(33)34)19-7-2-5-17(13-19)18-6-3-12-30(14-18)22-20-8-11-27-21(20)28-16-29-22;8-7(10)9-6-4-2-1-3-5-6/h2,4-5,7-9,11,13,16,18H,3,6,10,12,14-15H2,1H3,(H,31,32)(H,33,34)(H,27,28,29);1-5H,(H3,8,9,10). The molecule has 6 N–H and O–H groups in total. The Bertz CT molecular complexity index is 1690. The van der Waals surface area contributed by atoms with E-state index in [0.717, 1.165) is 54.0 Å². The van der Waals surface area contributed by atoms with Crippen molar-refractivity contribution < 1.29 is 24.6 Å². The SMILES string of the molecule is CC1(C(=O)O)C=CCC(C(=O)O)(c2cccc(C3CCCN(c4ncnc5[nH]ccc45)C3)c2)C1.NC(=O)Nc1ccccc1. The van der Waals surface area contributed by atoms with Crippen molar-refractivity contribution in [2.75, 3.05) is 23.3 Å². The van der Waals surface area contributed by atoms with Gasteiger partial charge < -0.3 is 31.1 Å². The minimum Gasteiger partial charge on any atom is -0.481 e. The molecule has 1 aliphatic carbocycles. The number of aliphatic carboxylic acids is 2. The summed E-state index contributed by atoms with van der Waals surface area (Å²) in [6.45, 7) is 3.26. The lowest BCUT2D eigenvalue weighted by Gasteiger charge is -2.39. The molecule has 2 aliphatic rings. The van der Waals surface area contributed by atoms with Crippen molar-refractivity contribution in [2.24, 2.45) is 11.1 Å². The summed E-state index contributed by atoms with van der Waals surface area (Å²) in [5.74, 6) is -0.867.